The van der Waals surface area contributed by atoms with Crippen molar-refractivity contribution in [3.8, 4) is 5.75 Å². The maximum absolute atomic E-state index is 5.26. The summed E-state index contributed by atoms with van der Waals surface area (Å²) in [6.07, 6.45) is 6.62. The number of aromatic nitrogens is 2. The molecule has 0 atom stereocenters. The molecule has 1 aliphatic rings. The van der Waals surface area contributed by atoms with E-state index in [1.165, 1.54) is 18.5 Å². The van der Waals surface area contributed by atoms with Gasteiger partial charge in [-0.15, -0.1) is 0 Å². The first-order valence-electron chi connectivity index (χ1n) is 4.90. The first-order chi connectivity index (χ1) is 6.90. The van der Waals surface area contributed by atoms with Gasteiger partial charge in [-0.2, -0.15) is 0 Å². The third-order valence-corrected chi connectivity index (χ3v) is 2.74. The van der Waals surface area contributed by atoms with E-state index in [0.717, 1.165) is 17.3 Å². The molecule has 3 nitrogen and oxygen atoms in total. The van der Waals surface area contributed by atoms with Crippen molar-refractivity contribution in [3.63, 3.8) is 0 Å². The highest BCUT2D eigenvalue weighted by Gasteiger charge is 2.27. The van der Waals surface area contributed by atoms with Crippen LogP contribution < -0.4 is 4.74 Å². The third-order valence-electron chi connectivity index (χ3n) is 2.74. The fourth-order valence-electron chi connectivity index (χ4n) is 1.84. The summed E-state index contributed by atoms with van der Waals surface area (Å²) in [6.45, 7) is 0. The third kappa shape index (κ3) is 1.02. The Labute approximate surface area is 82.3 Å². The number of rotatable bonds is 2. The molecule has 2 aromatic heterocycles. The molecule has 0 amide bonds. The average molecular weight is 188 g/mol. The zero-order chi connectivity index (χ0) is 9.54. The predicted molar refractivity (Wildman–Crippen MR) is 53.7 cm³/mol. The number of nitrogens with zero attached hydrogens (tertiary/aromatic N) is 2. The molecule has 3 heteroatoms. The first kappa shape index (κ1) is 7.85. The van der Waals surface area contributed by atoms with E-state index in [9.17, 15) is 0 Å². The zero-order valence-electron chi connectivity index (χ0n) is 8.10. The van der Waals surface area contributed by atoms with Gasteiger partial charge in [0, 0.05) is 24.0 Å². The molecule has 72 valence electrons. The smallest absolute Gasteiger partial charge is 0.179 e. The fraction of sp³-hybridized carbons (Fsp3) is 0.364. The molecule has 0 unspecified atom stereocenters. The Bertz CT molecular complexity index is 471. The maximum atomic E-state index is 5.26. The summed E-state index contributed by atoms with van der Waals surface area (Å²) in [5.41, 5.74) is 2.25. The number of fused-ring (bicyclic) bond motifs is 1. The van der Waals surface area contributed by atoms with E-state index in [1.54, 1.807) is 7.11 Å². The normalized spacial score (nSPS) is 16.1. The molecule has 1 fully saturated rings. The Morgan fingerprint density at radius 2 is 2.36 bits per heavy atom. The summed E-state index contributed by atoms with van der Waals surface area (Å²) in [5, 5.41) is 0. The minimum Gasteiger partial charge on any atom is -0.493 e. The van der Waals surface area contributed by atoms with Gasteiger partial charge >= 0.3 is 0 Å². The van der Waals surface area contributed by atoms with E-state index in [4.69, 9.17) is 4.74 Å². The Morgan fingerprint density at radius 1 is 1.50 bits per heavy atom. The zero-order valence-corrected chi connectivity index (χ0v) is 8.10. The van der Waals surface area contributed by atoms with E-state index in [1.807, 2.05) is 18.3 Å². The van der Waals surface area contributed by atoms with Gasteiger partial charge in [-0.25, -0.2) is 4.98 Å². The minimum absolute atomic E-state index is 0.720. The van der Waals surface area contributed by atoms with Crippen LogP contribution in [0.15, 0.2) is 24.5 Å². The molecular weight excluding hydrogens is 176 g/mol. The summed E-state index contributed by atoms with van der Waals surface area (Å²) in [6, 6.07) is 3.94. The monoisotopic (exact) mass is 188 g/mol. The van der Waals surface area contributed by atoms with Crippen molar-refractivity contribution in [2.75, 3.05) is 7.11 Å². The summed E-state index contributed by atoms with van der Waals surface area (Å²) in [4.78, 5) is 4.39. The van der Waals surface area contributed by atoms with E-state index in [2.05, 4.69) is 15.6 Å². The number of hydrogen-bond donors (Lipinski definition) is 0. The van der Waals surface area contributed by atoms with Crippen molar-refractivity contribution >= 4 is 5.65 Å². The van der Waals surface area contributed by atoms with E-state index in [-0.39, 0.29) is 0 Å². The number of ether oxygens (including phenoxy) is 1. The van der Waals surface area contributed by atoms with Gasteiger partial charge in [-0.05, 0) is 25.0 Å². The van der Waals surface area contributed by atoms with Crippen LogP contribution in [0.4, 0.5) is 0 Å². The Hall–Kier alpha value is -1.51. The predicted octanol–water partition coefficient (Wildman–Crippen LogP) is 2.22. The van der Waals surface area contributed by atoms with Crippen LogP contribution in [0.3, 0.4) is 0 Å². The number of hydrogen-bond acceptors (Lipinski definition) is 2. The highest BCUT2D eigenvalue weighted by atomic mass is 16.5. The molecule has 0 saturated heterocycles. The van der Waals surface area contributed by atoms with Gasteiger partial charge < -0.3 is 9.14 Å². The van der Waals surface area contributed by atoms with Crippen molar-refractivity contribution in [3.05, 3.63) is 30.2 Å². The minimum atomic E-state index is 0.720. The van der Waals surface area contributed by atoms with Crippen molar-refractivity contribution in [1.29, 1.82) is 0 Å². The van der Waals surface area contributed by atoms with Crippen molar-refractivity contribution in [2.45, 2.75) is 18.8 Å². The molecule has 2 aromatic rings. The second-order valence-electron chi connectivity index (χ2n) is 3.73. The molecule has 1 aliphatic carbocycles. The van der Waals surface area contributed by atoms with Crippen LogP contribution in [0.25, 0.3) is 5.65 Å². The largest absolute Gasteiger partial charge is 0.493 e. The van der Waals surface area contributed by atoms with Crippen LogP contribution in [-0.4, -0.2) is 16.5 Å². The van der Waals surface area contributed by atoms with Crippen molar-refractivity contribution < 1.29 is 4.74 Å². The Kier molecular flexibility index (Phi) is 1.54. The second-order valence-corrected chi connectivity index (χ2v) is 3.73. The summed E-state index contributed by atoms with van der Waals surface area (Å²) >= 11 is 0. The molecular formula is C11H12N2O. The van der Waals surface area contributed by atoms with Gasteiger partial charge in [0.25, 0.3) is 0 Å². The number of methoxy groups -OCH3 is 1. The molecule has 0 radical (unpaired) electrons. The standard InChI is InChI=1S/C11H12N2O/c1-14-10-3-2-6-13-9(8-4-5-8)7-12-11(10)13/h2-3,6-8H,4-5H2,1H3. The number of imidazole rings is 1. The molecule has 14 heavy (non-hydrogen) atoms. The van der Waals surface area contributed by atoms with Crippen LogP contribution in [-0.2, 0) is 0 Å². The molecule has 3 rings (SSSR count). The van der Waals surface area contributed by atoms with Crippen LogP contribution >= 0.6 is 0 Å². The van der Waals surface area contributed by atoms with Gasteiger partial charge in [0.1, 0.15) is 0 Å². The highest BCUT2D eigenvalue weighted by molar-refractivity contribution is 5.55. The topological polar surface area (TPSA) is 26.5 Å². The molecule has 0 bridgehead atoms. The van der Waals surface area contributed by atoms with Crippen molar-refractivity contribution in [1.82, 2.24) is 9.38 Å². The van der Waals surface area contributed by atoms with E-state index in [0.29, 0.717) is 0 Å². The molecule has 0 aromatic carbocycles. The van der Waals surface area contributed by atoms with Crippen LogP contribution in [0, 0.1) is 0 Å². The maximum Gasteiger partial charge on any atom is 0.179 e. The van der Waals surface area contributed by atoms with Crippen LogP contribution in [0.5, 0.6) is 5.75 Å². The SMILES string of the molecule is COc1cccn2c(C3CC3)cnc12. The summed E-state index contributed by atoms with van der Waals surface area (Å²) in [7, 11) is 1.68. The lowest BCUT2D eigenvalue weighted by molar-refractivity contribution is 0.417. The van der Waals surface area contributed by atoms with E-state index < -0.39 is 0 Å². The van der Waals surface area contributed by atoms with Gasteiger partial charge in [0.2, 0.25) is 0 Å². The summed E-state index contributed by atoms with van der Waals surface area (Å²) < 4.78 is 7.39. The van der Waals surface area contributed by atoms with E-state index >= 15 is 0 Å². The molecule has 2 heterocycles. The lowest BCUT2D eigenvalue weighted by atomic mass is 10.3. The van der Waals surface area contributed by atoms with Gasteiger partial charge in [0.05, 0.1) is 7.11 Å². The molecule has 0 N–H and O–H groups in total. The quantitative estimate of drug-likeness (QED) is 0.722. The average Bonchev–Trinajstić information content (AvgIpc) is 2.97. The van der Waals surface area contributed by atoms with Gasteiger partial charge in [0.15, 0.2) is 11.4 Å². The molecule has 0 aliphatic heterocycles. The lowest BCUT2D eigenvalue weighted by Gasteiger charge is -2.03. The van der Waals surface area contributed by atoms with Crippen LogP contribution in [0.1, 0.15) is 24.5 Å². The Balaban J connectivity index is 2.25. The van der Waals surface area contributed by atoms with Crippen LogP contribution in [0.2, 0.25) is 0 Å². The summed E-state index contributed by atoms with van der Waals surface area (Å²) in [5.74, 6) is 1.57. The fourth-order valence-corrected chi connectivity index (χ4v) is 1.84. The molecule has 0 spiro atoms. The van der Waals surface area contributed by atoms with Gasteiger partial charge in [-0.1, -0.05) is 0 Å². The Morgan fingerprint density at radius 3 is 3.07 bits per heavy atom. The second kappa shape index (κ2) is 2.74. The van der Waals surface area contributed by atoms with Gasteiger partial charge in [-0.3, -0.25) is 0 Å². The van der Waals surface area contributed by atoms with Crippen molar-refractivity contribution in [2.24, 2.45) is 0 Å². The molecule has 1 saturated carbocycles. The highest BCUT2D eigenvalue weighted by Crippen LogP contribution is 2.40. The number of pyridine rings is 1. The lowest BCUT2D eigenvalue weighted by Crippen LogP contribution is -1.92. The first-order valence-corrected chi connectivity index (χ1v) is 4.90.